The van der Waals surface area contributed by atoms with E-state index in [0.29, 0.717) is 37.1 Å². The molecular formula is C31H32N4O6. The van der Waals surface area contributed by atoms with Gasteiger partial charge in [-0.1, -0.05) is 60.7 Å². The molecule has 2 amide bonds. The van der Waals surface area contributed by atoms with Crippen LogP contribution in [0.1, 0.15) is 40.9 Å². The lowest BCUT2D eigenvalue weighted by Gasteiger charge is -2.17. The molecule has 212 valence electrons. The zero-order valence-electron chi connectivity index (χ0n) is 22.5. The van der Waals surface area contributed by atoms with Crippen LogP contribution in [-0.4, -0.2) is 35.5 Å². The average Bonchev–Trinajstić information content (AvgIpc) is 3.50. The molecule has 0 saturated heterocycles. The van der Waals surface area contributed by atoms with Gasteiger partial charge in [0, 0.05) is 17.8 Å². The first-order valence-corrected chi connectivity index (χ1v) is 13.3. The van der Waals surface area contributed by atoms with E-state index in [2.05, 4.69) is 15.6 Å². The number of oxazole rings is 1. The molecule has 0 aliphatic heterocycles. The maximum Gasteiger partial charge on any atom is 0.407 e. The van der Waals surface area contributed by atoms with E-state index in [1.807, 2.05) is 60.7 Å². The summed E-state index contributed by atoms with van der Waals surface area (Å²) in [6.45, 7) is 0.601. The maximum atomic E-state index is 13.0. The van der Waals surface area contributed by atoms with Gasteiger partial charge in [0.05, 0.1) is 0 Å². The number of esters is 1. The monoisotopic (exact) mass is 556 g/mol. The Hall–Kier alpha value is -5.12. The third kappa shape index (κ3) is 9.24. The Morgan fingerprint density at radius 2 is 1.46 bits per heavy atom. The number of hydrogen-bond acceptors (Lipinski definition) is 8. The molecular weight excluding hydrogens is 524 g/mol. The van der Waals surface area contributed by atoms with Crippen LogP contribution in [-0.2, 0) is 27.5 Å². The number of ether oxygens (including phenoxy) is 2. The first-order valence-electron chi connectivity index (χ1n) is 13.3. The molecule has 0 saturated carbocycles. The Morgan fingerprint density at radius 1 is 0.829 bits per heavy atom. The van der Waals surface area contributed by atoms with Gasteiger partial charge in [-0.2, -0.15) is 0 Å². The van der Waals surface area contributed by atoms with Crippen LogP contribution in [0.3, 0.4) is 0 Å². The molecule has 0 fully saturated rings. The van der Waals surface area contributed by atoms with Crippen molar-refractivity contribution in [2.45, 2.75) is 38.5 Å². The molecule has 0 bridgehead atoms. The number of nitrogens with two attached hydrogens (primary N) is 1. The van der Waals surface area contributed by atoms with E-state index in [4.69, 9.17) is 19.6 Å². The van der Waals surface area contributed by atoms with E-state index in [1.165, 1.54) is 6.26 Å². The van der Waals surface area contributed by atoms with E-state index in [0.717, 1.165) is 11.1 Å². The average molecular weight is 557 g/mol. The lowest BCUT2D eigenvalue weighted by molar-refractivity contribution is -0.147. The summed E-state index contributed by atoms with van der Waals surface area (Å²) >= 11 is 0. The fourth-order valence-electron chi connectivity index (χ4n) is 3.88. The van der Waals surface area contributed by atoms with E-state index in [1.54, 1.807) is 24.3 Å². The van der Waals surface area contributed by atoms with Crippen LogP contribution < -0.4 is 16.4 Å². The second-order valence-corrected chi connectivity index (χ2v) is 9.26. The molecule has 0 aliphatic carbocycles. The number of carbonyl (C=O) groups excluding carboxylic acids is 3. The second kappa shape index (κ2) is 14.9. The smallest absolute Gasteiger partial charge is 0.407 e. The van der Waals surface area contributed by atoms with Crippen molar-refractivity contribution >= 4 is 23.7 Å². The number of aromatic nitrogens is 1. The lowest BCUT2D eigenvalue weighted by atomic mass is 10.1. The molecule has 4 N–H and O–H groups in total. The van der Waals surface area contributed by atoms with Crippen LogP contribution in [0.15, 0.2) is 95.6 Å². The van der Waals surface area contributed by atoms with Crippen molar-refractivity contribution in [1.29, 1.82) is 0 Å². The number of rotatable bonds is 13. The summed E-state index contributed by atoms with van der Waals surface area (Å²) in [5.74, 6) is -0.886. The normalized spacial score (nSPS) is 11.3. The Morgan fingerprint density at radius 3 is 2.12 bits per heavy atom. The van der Waals surface area contributed by atoms with Crippen LogP contribution >= 0.6 is 0 Å². The third-order valence-corrected chi connectivity index (χ3v) is 6.11. The first kappa shape index (κ1) is 28.9. The number of hydrogen-bond donors (Lipinski definition) is 3. The highest BCUT2D eigenvalue weighted by molar-refractivity contribution is 5.95. The fourth-order valence-corrected chi connectivity index (χ4v) is 3.88. The van der Waals surface area contributed by atoms with Gasteiger partial charge in [-0.05, 0) is 54.7 Å². The maximum absolute atomic E-state index is 13.0. The lowest BCUT2D eigenvalue weighted by Crippen LogP contribution is -2.42. The molecule has 10 heteroatoms. The Kier molecular flexibility index (Phi) is 10.5. The van der Waals surface area contributed by atoms with Crippen molar-refractivity contribution < 1.29 is 28.3 Å². The van der Waals surface area contributed by atoms with Gasteiger partial charge in [0.25, 0.3) is 5.91 Å². The van der Waals surface area contributed by atoms with Gasteiger partial charge in [0.2, 0.25) is 5.89 Å². The molecule has 10 nitrogen and oxygen atoms in total. The first-order chi connectivity index (χ1) is 20.0. The van der Waals surface area contributed by atoms with E-state index in [-0.39, 0.29) is 24.8 Å². The van der Waals surface area contributed by atoms with Gasteiger partial charge in [0.1, 0.15) is 25.5 Å². The summed E-state index contributed by atoms with van der Waals surface area (Å²) in [4.78, 5) is 42.1. The fraction of sp³-hybridized carbons (Fsp3) is 0.226. The standard InChI is InChI=1S/C31H32N4O6/c32-25-16-14-24(15-17-25)29-35-27(21-39-29)28(36)34-26(30(37)40-19-22-9-3-1-4-10-22)13-7-8-18-33-31(38)41-20-23-11-5-2-6-12-23/h1-6,9-12,14-17,21,26H,7-8,13,18-20,32H2,(H,33,38)(H,34,36). The van der Waals surface area contributed by atoms with Gasteiger partial charge in [-0.15, -0.1) is 0 Å². The highest BCUT2D eigenvalue weighted by Gasteiger charge is 2.24. The Bertz CT molecular complexity index is 1410. The number of anilines is 1. The van der Waals surface area contributed by atoms with Crippen LogP contribution in [0.2, 0.25) is 0 Å². The predicted molar refractivity (Wildman–Crippen MR) is 152 cm³/mol. The number of amides is 2. The summed E-state index contributed by atoms with van der Waals surface area (Å²) in [7, 11) is 0. The van der Waals surface area contributed by atoms with Gasteiger partial charge < -0.3 is 30.3 Å². The number of nitrogen functional groups attached to an aromatic ring is 1. The number of alkyl carbamates (subject to hydrolysis) is 1. The minimum absolute atomic E-state index is 0.0283. The van der Waals surface area contributed by atoms with Gasteiger partial charge >= 0.3 is 12.1 Å². The third-order valence-electron chi connectivity index (χ3n) is 6.11. The minimum Gasteiger partial charge on any atom is -0.459 e. The van der Waals surface area contributed by atoms with Crippen LogP contribution in [0.4, 0.5) is 10.5 Å². The second-order valence-electron chi connectivity index (χ2n) is 9.26. The molecule has 0 radical (unpaired) electrons. The SMILES string of the molecule is Nc1ccc(-c2nc(C(=O)NC(CCCCNC(=O)OCc3ccccc3)C(=O)OCc3ccccc3)co2)cc1. The molecule has 1 aromatic heterocycles. The molecule has 4 rings (SSSR count). The van der Waals surface area contributed by atoms with Crippen LogP contribution in [0.5, 0.6) is 0 Å². The highest BCUT2D eigenvalue weighted by Crippen LogP contribution is 2.20. The summed E-state index contributed by atoms with van der Waals surface area (Å²) in [6.07, 6.45) is 2.09. The molecule has 0 spiro atoms. The molecule has 41 heavy (non-hydrogen) atoms. The molecule has 3 aromatic carbocycles. The van der Waals surface area contributed by atoms with Gasteiger partial charge in [0.15, 0.2) is 5.69 Å². The zero-order valence-corrected chi connectivity index (χ0v) is 22.5. The quantitative estimate of drug-likeness (QED) is 0.120. The number of nitrogens with zero attached hydrogens (tertiary/aromatic N) is 1. The van der Waals surface area contributed by atoms with Gasteiger partial charge in [-0.3, -0.25) is 4.79 Å². The molecule has 1 heterocycles. The van der Waals surface area contributed by atoms with Crippen LogP contribution in [0, 0.1) is 0 Å². The highest BCUT2D eigenvalue weighted by atomic mass is 16.5. The van der Waals surface area contributed by atoms with Crippen molar-refractivity contribution in [3.63, 3.8) is 0 Å². The van der Waals surface area contributed by atoms with Crippen molar-refractivity contribution in [1.82, 2.24) is 15.6 Å². The summed E-state index contributed by atoms with van der Waals surface area (Å²) in [6, 6.07) is 24.6. The number of benzene rings is 3. The van der Waals surface area contributed by atoms with E-state index < -0.39 is 24.0 Å². The molecule has 0 aliphatic rings. The summed E-state index contributed by atoms with van der Waals surface area (Å²) in [5, 5.41) is 5.41. The zero-order chi connectivity index (χ0) is 28.9. The molecule has 1 unspecified atom stereocenters. The van der Waals surface area contributed by atoms with Crippen molar-refractivity contribution in [2.75, 3.05) is 12.3 Å². The molecule has 4 aromatic rings. The Balaban J connectivity index is 1.29. The van der Waals surface area contributed by atoms with Crippen LogP contribution in [0.25, 0.3) is 11.5 Å². The number of unbranched alkanes of at least 4 members (excludes halogenated alkanes) is 1. The number of nitrogens with one attached hydrogen (secondary N) is 2. The summed E-state index contributed by atoms with van der Waals surface area (Å²) < 4.78 is 16.2. The summed E-state index contributed by atoms with van der Waals surface area (Å²) in [5.41, 5.74) is 8.73. The largest absolute Gasteiger partial charge is 0.459 e. The topological polar surface area (TPSA) is 146 Å². The van der Waals surface area contributed by atoms with E-state index >= 15 is 0 Å². The van der Waals surface area contributed by atoms with E-state index in [9.17, 15) is 14.4 Å². The van der Waals surface area contributed by atoms with Crippen molar-refractivity contribution in [3.8, 4) is 11.5 Å². The molecule has 1 atom stereocenters. The predicted octanol–water partition coefficient (Wildman–Crippen LogP) is 4.86. The van der Waals surface area contributed by atoms with Crippen molar-refractivity contribution in [2.24, 2.45) is 0 Å². The minimum atomic E-state index is -0.923. The number of carbonyl (C=O) groups is 3. The van der Waals surface area contributed by atoms with Crippen molar-refractivity contribution in [3.05, 3.63) is 108 Å². The Labute approximate surface area is 237 Å². The van der Waals surface area contributed by atoms with Gasteiger partial charge in [-0.25, -0.2) is 14.6 Å².